The highest BCUT2D eigenvalue weighted by Crippen LogP contribution is 2.33. The van der Waals surface area contributed by atoms with E-state index >= 15 is 0 Å². The number of benzene rings is 2. The van der Waals surface area contributed by atoms with Crippen LogP contribution in [0.2, 0.25) is 10.0 Å². The third-order valence-corrected chi connectivity index (χ3v) is 5.38. The summed E-state index contributed by atoms with van der Waals surface area (Å²) in [5.74, 6) is -2.95. The highest BCUT2D eigenvalue weighted by molar-refractivity contribution is 7.89. The molecule has 148 valence electrons. The Kier molecular flexibility index (Phi) is 5.41. The van der Waals surface area contributed by atoms with Crippen LogP contribution in [0.25, 0.3) is 16.9 Å². The SMILES string of the molecule is NS(=O)(=O)c1c(F)cc(-c2cc(C(F)F)nn2-c2ccc(Cl)c(Cl)c2)cc1F. The molecule has 0 radical (unpaired) electrons. The van der Waals surface area contributed by atoms with E-state index in [-0.39, 0.29) is 27.0 Å². The molecule has 0 aliphatic rings. The van der Waals surface area contributed by atoms with Crippen molar-refractivity contribution < 1.29 is 26.0 Å². The van der Waals surface area contributed by atoms with Gasteiger partial charge in [0.2, 0.25) is 10.0 Å². The minimum absolute atomic E-state index is 0.0983. The molecular formula is C16H9Cl2F4N3O2S. The molecule has 0 atom stereocenters. The van der Waals surface area contributed by atoms with Crippen molar-refractivity contribution in [2.24, 2.45) is 5.14 Å². The number of alkyl halides is 2. The first-order chi connectivity index (χ1) is 13.0. The van der Waals surface area contributed by atoms with Gasteiger partial charge in [0, 0.05) is 5.56 Å². The third kappa shape index (κ3) is 3.86. The fourth-order valence-corrected chi connectivity index (χ4v) is 3.46. The Morgan fingerprint density at radius 3 is 2.11 bits per heavy atom. The smallest absolute Gasteiger partial charge is 0.233 e. The predicted molar refractivity (Wildman–Crippen MR) is 95.3 cm³/mol. The molecule has 5 nitrogen and oxygen atoms in total. The number of sulfonamides is 1. The quantitative estimate of drug-likeness (QED) is 0.581. The van der Waals surface area contributed by atoms with Crippen molar-refractivity contribution in [3.05, 3.63) is 63.8 Å². The highest BCUT2D eigenvalue weighted by atomic mass is 35.5. The van der Waals surface area contributed by atoms with Crippen LogP contribution in [0.4, 0.5) is 17.6 Å². The normalized spacial score (nSPS) is 12.0. The third-order valence-electron chi connectivity index (χ3n) is 3.68. The van der Waals surface area contributed by atoms with Gasteiger partial charge in [-0.05, 0) is 36.4 Å². The number of hydrogen-bond donors (Lipinski definition) is 1. The summed E-state index contributed by atoms with van der Waals surface area (Å²) in [5.41, 5.74) is -0.856. The van der Waals surface area contributed by atoms with Crippen LogP contribution >= 0.6 is 23.2 Å². The van der Waals surface area contributed by atoms with Gasteiger partial charge in [-0.25, -0.2) is 35.8 Å². The molecule has 0 aliphatic heterocycles. The molecule has 2 N–H and O–H groups in total. The fourth-order valence-electron chi connectivity index (χ4n) is 2.50. The zero-order valence-electron chi connectivity index (χ0n) is 13.5. The topological polar surface area (TPSA) is 78.0 Å². The number of nitrogens with zero attached hydrogens (tertiary/aromatic N) is 2. The molecule has 12 heteroatoms. The van der Waals surface area contributed by atoms with Gasteiger partial charge in [0.15, 0.2) is 4.90 Å². The maximum absolute atomic E-state index is 14.2. The molecule has 0 amide bonds. The average Bonchev–Trinajstić information content (AvgIpc) is 3.01. The minimum Gasteiger partial charge on any atom is -0.233 e. The van der Waals surface area contributed by atoms with Gasteiger partial charge in [-0.2, -0.15) is 5.10 Å². The molecule has 0 saturated carbocycles. The second-order valence-electron chi connectivity index (χ2n) is 5.58. The van der Waals surface area contributed by atoms with Crippen LogP contribution in [0, 0.1) is 11.6 Å². The molecule has 0 saturated heterocycles. The van der Waals surface area contributed by atoms with Gasteiger partial charge in [0.25, 0.3) is 6.43 Å². The van der Waals surface area contributed by atoms with Crippen molar-refractivity contribution in [1.29, 1.82) is 0 Å². The van der Waals surface area contributed by atoms with Crippen molar-refractivity contribution in [3.8, 4) is 16.9 Å². The standard InChI is InChI=1S/C16H9Cl2F4N3O2S/c17-9-2-1-8(5-10(9)18)25-14(6-13(24-25)16(21)22)7-3-11(19)15(12(20)4-7)28(23,26)27/h1-6,16H,(H2,23,26,27). The Bertz CT molecular complexity index is 1160. The Labute approximate surface area is 166 Å². The lowest BCUT2D eigenvalue weighted by atomic mass is 10.1. The first kappa shape index (κ1) is 20.6. The zero-order chi connectivity index (χ0) is 20.8. The van der Waals surface area contributed by atoms with E-state index in [4.69, 9.17) is 28.3 Å². The summed E-state index contributed by atoms with van der Waals surface area (Å²) in [7, 11) is -4.67. The van der Waals surface area contributed by atoms with Crippen molar-refractivity contribution in [3.63, 3.8) is 0 Å². The first-order valence-electron chi connectivity index (χ1n) is 7.35. The van der Waals surface area contributed by atoms with Crippen LogP contribution in [0.15, 0.2) is 41.3 Å². The van der Waals surface area contributed by atoms with E-state index in [0.29, 0.717) is 12.1 Å². The lowest BCUT2D eigenvalue weighted by Crippen LogP contribution is -2.16. The molecule has 28 heavy (non-hydrogen) atoms. The maximum atomic E-state index is 14.2. The first-order valence-corrected chi connectivity index (χ1v) is 9.65. The second-order valence-corrected chi connectivity index (χ2v) is 7.89. The predicted octanol–water partition coefficient (Wildman–Crippen LogP) is 4.71. The summed E-state index contributed by atoms with van der Waals surface area (Å²) in [6.07, 6.45) is -2.97. The van der Waals surface area contributed by atoms with E-state index in [2.05, 4.69) is 5.10 Å². The van der Waals surface area contributed by atoms with E-state index in [0.717, 1.165) is 10.7 Å². The molecular weight excluding hydrogens is 445 g/mol. The van der Waals surface area contributed by atoms with Gasteiger partial charge in [-0.1, -0.05) is 23.2 Å². The van der Waals surface area contributed by atoms with Gasteiger partial charge in [-0.15, -0.1) is 0 Å². The van der Waals surface area contributed by atoms with Crippen molar-refractivity contribution >= 4 is 33.2 Å². The van der Waals surface area contributed by atoms with Gasteiger partial charge in [0.05, 0.1) is 21.4 Å². The van der Waals surface area contributed by atoms with E-state index in [1.807, 2.05) is 0 Å². The number of rotatable bonds is 4. The summed E-state index contributed by atoms with van der Waals surface area (Å²) in [6, 6.07) is 6.34. The number of hydrogen-bond acceptors (Lipinski definition) is 3. The molecule has 3 rings (SSSR count). The molecule has 1 heterocycles. The van der Waals surface area contributed by atoms with Crippen LogP contribution in [-0.2, 0) is 10.0 Å². The van der Waals surface area contributed by atoms with Gasteiger partial charge >= 0.3 is 0 Å². The lowest BCUT2D eigenvalue weighted by Gasteiger charge is -2.10. The summed E-state index contributed by atoms with van der Waals surface area (Å²) in [4.78, 5) is -1.33. The average molecular weight is 454 g/mol. The number of halogens is 6. The molecule has 0 aliphatic carbocycles. The second kappa shape index (κ2) is 7.36. The van der Waals surface area contributed by atoms with Crippen LogP contribution in [0.3, 0.4) is 0 Å². The van der Waals surface area contributed by atoms with Crippen molar-refractivity contribution in [2.75, 3.05) is 0 Å². The van der Waals surface area contributed by atoms with Crippen LogP contribution in [-0.4, -0.2) is 18.2 Å². The molecule has 2 aromatic carbocycles. The summed E-state index contributed by atoms with van der Waals surface area (Å²) >= 11 is 11.8. The van der Waals surface area contributed by atoms with Gasteiger partial charge in [-0.3, -0.25) is 0 Å². The Balaban J connectivity index is 2.26. The fraction of sp³-hybridized carbons (Fsp3) is 0.0625. The number of nitrogens with two attached hydrogens (primary N) is 1. The van der Waals surface area contributed by atoms with Gasteiger partial charge < -0.3 is 0 Å². The monoisotopic (exact) mass is 453 g/mol. The summed E-state index contributed by atoms with van der Waals surface area (Å²) in [5, 5.41) is 8.82. The Morgan fingerprint density at radius 2 is 1.61 bits per heavy atom. The van der Waals surface area contributed by atoms with E-state index < -0.39 is 38.7 Å². The Morgan fingerprint density at radius 1 is 1.00 bits per heavy atom. The number of aromatic nitrogens is 2. The number of primary sulfonamides is 1. The van der Waals surface area contributed by atoms with Crippen LogP contribution in [0.5, 0.6) is 0 Å². The lowest BCUT2D eigenvalue weighted by molar-refractivity contribution is 0.145. The summed E-state index contributed by atoms with van der Waals surface area (Å²) in [6.45, 7) is 0. The van der Waals surface area contributed by atoms with E-state index in [1.165, 1.54) is 18.2 Å². The van der Waals surface area contributed by atoms with Crippen LogP contribution in [0.1, 0.15) is 12.1 Å². The van der Waals surface area contributed by atoms with Crippen molar-refractivity contribution in [2.45, 2.75) is 11.3 Å². The zero-order valence-corrected chi connectivity index (χ0v) is 15.8. The van der Waals surface area contributed by atoms with E-state index in [9.17, 15) is 26.0 Å². The van der Waals surface area contributed by atoms with Crippen LogP contribution < -0.4 is 5.14 Å². The van der Waals surface area contributed by atoms with Gasteiger partial charge in [0.1, 0.15) is 17.3 Å². The molecule has 0 spiro atoms. The maximum Gasteiger partial charge on any atom is 0.282 e. The molecule has 0 unspecified atom stereocenters. The molecule has 0 fully saturated rings. The molecule has 1 aromatic heterocycles. The van der Waals surface area contributed by atoms with Crippen molar-refractivity contribution in [1.82, 2.24) is 9.78 Å². The van der Waals surface area contributed by atoms with E-state index in [1.54, 1.807) is 0 Å². The highest BCUT2D eigenvalue weighted by Gasteiger charge is 2.24. The minimum atomic E-state index is -4.67. The Hall–Kier alpha value is -2.14. The molecule has 0 bridgehead atoms. The molecule has 3 aromatic rings. The largest absolute Gasteiger partial charge is 0.282 e. The summed E-state index contributed by atoms with van der Waals surface area (Å²) < 4.78 is 78.3.